The normalized spacial score (nSPS) is 9.50. The maximum Gasteiger partial charge on any atom is 0.223 e. The minimum Gasteiger partial charge on any atom is -0.493 e. The number of anilines is 1. The number of amides is 1. The fourth-order valence-corrected chi connectivity index (χ4v) is 1.37. The molecule has 18 heavy (non-hydrogen) atoms. The highest BCUT2D eigenvalue weighted by molar-refractivity contribution is 5.75. The van der Waals surface area contributed by atoms with Gasteiger partial charge in [0.05, 0.1) is 13.0 Å². The van der Waals surface area contributed by atoms with Crippen molar-refractivity contribution in [1.82, 2.24) is 5.32 Å². The Morgan fingerprint density at radius 1 is 1.50 bits per heavy atom. The largest absolute Gasteiger partial charge is 0.493 e. The van der Waals surface area contributed by atoms with E-state index in [1.54, 1.807) is 18.2 Å². The minimum atomic E-state index is -0.0316. The second kappa shape index (κ2) is 8.02. The van der Waals surface area contributed by atoms with Crippen molar-refractivity contribution in [2.45, 2.75) is 19.3 Å². The molecule has 1 aromatic rings. The third kappa shape index (κ3) is 5.80. The number of hydrogen-bond donors (Lipinski definition) is 2. The molecule has 3 N–H and O–H groups in total. The molecule has 0 spiro atoms. The Morgan fingerprint density at radius 3 is 3.06 bits per heavy atom. The second-order valence-electron chi connectivity index (χ2n) is 3.83. The van der Waals surface area contributed by atoms with Gasteiger partial charge in [-0.3, -0.25) is 4.79 Å². The standard InChI is InChI=1S/C14H18N2O2/c1-2-3-4-9-16-14(17)8-10-18-13-7-5-6-12(15)11-13/h1,5-7,11H,3-4,8-10,15H2,(H,16,17). The molecule has 0 heterocycles. The number of unbranched alkanes of at least 4 members (excludes halogenated alkanes) is 1. The van der Waals surface area contributed by atoms with Crippen molar-refractivity contribution in [1.29, 1.82) is 0 Å². The molecule has 0 fully saturated rings. The molecule has 1 rings (SSSR count). The first kappa shape index (κ1) is 13.9. The third-order valence-electron chi connectivity index (χ3n) is 2.28. The highest BCUT2D eigenvalue weighted by atomic mass is 16.5. The van der Waals surface area contributed by atoms with Crippen molar-refractivity contribution in [3.63, 3.8) is 0 Å². The first-order valence-corrected chi connectivity index (χ1v) is 5.91. The van der Waals surface area contributed by atoms with E-state index in [9.17, 15) is 4.79 Å². The minimum absolute atomic E-state index is 0.0316. The number of benzene rings is 1. The Morgan fingerprint density at radius 2 is 2.33 bits per heavy atom. The lowest BCUT2D eigenvalue weighted by Gasteiger charge is -2.07. The van der Waals surface area contributed by atoms with Crippen molar-refractivity contribution in [3.8, 4) is 18.1 Å². The molecule has 0 aliphatic carbocycles. The average Bonchev–Trinajstić information content (AvgIpc) is 2.35. The molecule has 0 aliphatic heterocycles. The molecule has 0 aliphatic rings. The van der Waals surface area contributed by atoms with E-state index in [-0.39, 0.29) is 5.91 Å². The van der Waals surface area contributed by atoms with Crippen LogP contribution in [0.25, 0.3) is 0 Å². The van der Waals surface area contributed by atoms with E-state index in [0.717, 1.165) is 6.42 Å². The van der Waals surface area contributed by atoms with Crippen molar-refractivity contribution in [2.24, 2.45) is 0 Å². The predicted molar refractivity (Wildman–Crippen MR) is 72.0 cm³/mol. The van der Waals surface area contributed by atoms with Gasteiger partial charge in [0.15, 0.2) is 0 Å². The van der Waals surface area contributed by atoms with E-state index >= 15 is 0 Å². The van der Waals surface area contributed by atoms with Gasteiger partial charge in [0.2, 0.25) is 5.91 Å². The van der Waals surface area contributed by atoms with E-state index in [0.29, 0.717) is 37.4 Å². The van der Waals surface area contributed by atoms with Gasteiger partial charge in [-0.1, -0.05) is 6.07 Å². The summed E-state index contributed by atoms with van der Waals surface area (Å²) in [4.78, 5) is 11.4. The number of terminal acetylenes is 1. The molecule has 0 atom stereocenters. The van der Waals surface area contributed by atoms with Crippen LogP contribution in [0, 0.1) is 12.3 Å². The van der Waals surface area contributed by atoms with Crippen LogP contribution in [0.15, 0.2) is 24.3 Å². The zero-order chi connectivity index (χ0) is 13.2. The van der Waals surface area contributed by atoms with Crippen molar-refractivity contribution in [3.05, 3.63) is 24.3 Å². The number of hydrogen-bond acceptors (Lipinski definition) is 3. The number of nitrogens with two attached hydrogens (primary N) is 1. The summed E-state index contributed by atoms with van der Waals surface area (Å²) in [7, 11) is 0. The fraction of sp³-hybridized carbons (Fsp3) is 0.357. The van der Waals surface area contributed by atoms with Gasteiger partial charge in [0.1, 0.15) is 5.75 Å². The number of nitrogen functional groups attached to an aromatic ring is 1. The summed E-state index contributed by atoms with van der Waals surface area (Å²) in [6, 6.07) is 7.13. The molecule has 0 bridgehead atoms. The molecule has 0 saturated heterocycles. The summed E-state index contributed by atoms with van der Waals surface area (Å²) in [5.74, 6) is 3.17. The van der Waals surface area contributed by atoms with Crippen molar-refractivity contribution in [2.75, 3.05) is 18.9 Å². The molecule has 0 unspecified atom stereocenters. The van der Waals surface area contributed by atoms with Crippen LogP contribution in [-0.2, 0) is 4.79 Å². The van der Waals surface area contributed by atoms with Crippen LogP contribution < -0.4 is 15.8 Å². The summed E-state index contributed by atoms with van der Waals surface area (Å²) in [5, 5.41) is 2.78. The van der Waals surface area contributed by atoms with Gasteiger partial charge in [0, 0.05) is 24.7 Å². The number of carbonyl (C=O) groups is 1. The molecule has 0 saturated carbocycles. The van der Waals surface area contributed by atoms with Crippen molar-refractivity contribution >= 4 is 11.6 Å². The van der Waals surface area contributed by atoms with Crippen molar-refractivity contribution < 1.29 is 9.53 Å². The van der Waals surface area contributed by atoms with Gasteiger partial charge in [-0.15, -0.1) is 12.3 Å². The fourth-order valence-electron chi connectivity index (χ4n) is 1.37. The number of nitrogens with one attached hydrogen (secondary N) is 1. The third-order valence-corrected chi connectivity index (χ3v) is 2.28. The number of ether oxygens (including phenoxy) is 1. The summed E-state index contributed by atoms with van der Waals surface area (Å²) < 4.78 is 5.41. The molecular formula is C14H18N2O2. The molecule has 96 valence electrons. The van der Waals surface area contributed by atoms with E-state index in [4.69, 9.17) is 16.9 Å². The van der Waals surface area contributed by atoms with Gasteiger partial charge in [-0.05, 0) is 18.6 Å². The van der Waals surface area contributed by atoms with E-state index in [1.165, 1.54) is 0 Å². The van der Waals surface area contributed by atoms with Crippen LogP contribution in [0.3, 0.4) is 0 Å². The van der Waals surface area contributed by atoms with Gasteiger partial charge in [-0.25, -0.2) is 0 Å². The molecule has 4 heteroatoms. The van der Waals surface area contributed by atoms with Crippen LogP contribution >= 0.6 is 0 Å². The topological polar surface area (TPSA) is 64.3 Å². The Labute approximate surface area is 108 Å². The van der Waals surface area contributed by atoms with Gasteiger partial charge in [0.25, 0.3) is 0 Å². The predicted octanol–water partition coefficient (Wildman–Crippen LogP) is 1.57. The quantitative estimate of drug-likeness (QED) is 0.436. The zero-order valence-corrected chi connectivity index (χ0v) is 10.3. The van der Waals surface area contributed by atoms with E-state index in [1.807, 2.05) is 6.07 Å². The SMILES string of the molecule is C#CCCCNC(=O)CCOc1cccc(N)c1. The monoisotopic (exact) mass is 246 g/mol. The lowest BCUT2D eigenvalue weighted by atomic mass is 10.3. The highest BCUT2D eigenvalue weighted by Gasteiger charge is 2.01. The van der Waals surface area contributed by atoms with Gasteiger partial charge >= 0.3 is 0 Å². The zero-order valence-electron chi connectivity index (χ0n) is 10.3. The summed E-state index contributed by atoms with van der Waals surface area (Å²) in [6.45, 7) is 0.950. The number of rotatable bonds is 7. The molecule has 4 nitrogen and oxygen atoms in total. The molecular weight excluding hydrogens is 228 g/mol. The summed E-state index contributed by atoms with van der Waals surface area (Å²) in [6.07, 6.45) is 6.92. The van der Waals surface area contributed by atoms with Crippen LogP contribution in [0.1, 0.15) is 19.3 Å². The lowest BCUT2D eigenvalue weighted by molar-refractivity contribution is -0.121. The first-order chi connectivity index (χ1) is 8.72. The maximum atomic E-state index is 11.4. The summed E-state index contributed by atoms with van der Waals surface area (Å²) >= 11 is 0. The highest BCUT2D eigenvalue weighted by Crippen LogP contribution is 2.14. The van der Waals surface area contributed by atoms with Gasteiger partial charge in [-0.2, -0.15) is 0 Å². The molecule has 0 aromatic heterocycles. The van der Waals surface area contributed by atoms with Crippen LogP contribution in [0.4, 0.5) is 5.69 Å². The molecule has 1 aromatic carbocycles. The van der Waals surface area contributed by atoms with E-state index < -0.39 is 0 Å². The Hall–Kier alpha value is -2.15. The summed E-state index contributed by atoms with van der Waals surface area (Å²) in [5.41, 5.74) is 6.25. The van der Waals surface area contributed by atoms with Crippen LogP contribution in [0.2, 0.25) is 0 Å². The lowest BCUT2D eigenvalue weighted by Crippen LogP contribution is -2.25. The Kier molecular flexibility index (Phi) is 6.20. The number of carbonyl (C=O) groups excluding carboxylic acids is 1. The van der Waals surface area contributed by atoms with Crippen LogP contribution in [0.5, 0.6) is 5.75 Å². The smallest absolute Gasteiger partial charge is 0.223 e. The molecule has 1 amide bonds. The Balaban J connectivity index is 2.14. The van der Waals surface area contributed by atoms with E-state index in [2.05, 4.69) is 11.2 Å². The maximum absolute atomic E-state index is 11.4. The molecule has 0 radical (unpaired) electrons. The first-order valence-electron chi connectivity index (χ1n) is 5.91. The Bertz CT molecular complexity index is 424. The average molecular weight is 246 g/mol. The van der Waals surface area contributed by atoms with Gasteiger partial charge < -0.3 is 15.8 Å². The second-order valence-corrected chi connectivity index (χ2v) is 3.83. The van der Waals surface area contributed by atoms with Crippen LogP contribution in [-0.4, -0.2) is 19.1 Å².